The predicted molar refractivity (Wildman–Crippen MR) is 235 cm³/mol. The Morgan fingerprint density at radius 3 is 1.80 bits per heavy atom. The van der Waals surface area contributed by atoms with Gasteiger partial charge in [0.15, 0.2) is 0 Å². The lowest BCUT2D eigenvalue weighted by Gasteiger charge is -2.24. The zero-order valence-electron chi connectivity index (χ0n) is 30.9. The molecule has 0 bridgehead atoms. The SMILES string of the molecule is CC1(C)c2ccccc2-c2cccc(-c3nc(-n4c5ccccc5c5cc(-c6ccc7c(c6)c6ccccc6n7-c6ccccc6)ccc54)nc4sccc34)c21. The molecule has 0 N–H and O–H groups in total. The van der Waals surface area contributed by atoms with Crippen LogP contribution in [0, 0.1) is 0 Å². The van der Waals surface area contributed by atoms with Crippen molar-refractivity contribution in [3.63, 3.8) is 0 Å². The monoisotopic (exact) mass is 734 g/mol. The van der Waals surface area contributed by atoms with E-state index < -0.39 is 0 Å². The van der Waals surface area contributed by atoms with E-state index in [2.05, 4.69) is 192 Å². The minimum Gasteiger partial charge on any atom is -0.309 e. The summed E-state index contributed by atoms with van der Waals surface area (Å²) in [6, 6.07) is 59.5. The van der Waals surface area contributed by atoms with Crippen molar-refractivity contribution < 1.29 is 0 Å². The average Bonchev–Trinajstić information content (AvgIpc) is 4.00. The first-order valence-electron chi connectivity index (χ1n) is 19.2. The number of hydrogen-bond acceptors (Lipinski definition) is 3. The van der Waals surface area contributed by atoms with Crippen LogP contribution < -0.4 is 0 Å². The molecule has 0 spiro atoms. The third-order valence-electron chi connectivity index (χ3n) is 12.0. The molecule has 5 heteroatoms. The molecule has 0 radical (unpaired) electrons. The van der Waals surface area contributed by atoms with E-state index in [1.54, 1.807) is 11.3 Å². The summed E-state index contributed by atoms with van der Waals surface area (Å²) < 4.78 is 4.63. The predicted octanol–water partition coefficient (Wildman–Crippen LogP) is 13.5. The highest BCUT2D eigenvalue weighted by molar-refractivity contribution is 7.16. The van der Waals surface area contributed by atoms with E-state index in [4.69, 9.17) is 9.97 Å². The molecule has 0 saturated heterocycles. The summed E-state index contributed by atoms with van der Waals surface area (Å²) in [6.45, 7) is 4.69. The fraction of sp³-hybridized carbons (Fsp3) is 0.0588. The third kappa shape index (κ3) is 4.34. The quantitative estimate of drug-likeness (QED) is 0.180. The average molecular weight is 735 g/mol. The third-order valence-corrected chi connectivity index (χ3v) is 12.8. The van der Waals surface area contributed by atoms with Gasteiger partial charge in [-0.05, 0) is 93.4 Å². The zero-order chi connectivity index (χ0) is 37.1. The van der Waals surface area contributed by atoms with Crippen LogP contribution in [0.1, 0.15) is 25.0 Å². The van der Waals surface area contributed by atoms with Crippen molar-refractivity contribution in [3.8, 4) is 45.1 Å². The van der Waals surface area contributed by atoms with Crippen molar-refractivity contribution in [3.05, 3.63) is 180 Å². The van der Waals surface area contributed by atoms with Crippen LogP contribution in [0.4, 0.5) is 0 Å². The number of fused-ring (bicyclic) bond motifs is 10. The van der Waals surface area contributed by atoms with Gasteiger partial charge in [-0.25, -0.2) is 9.97 Å². The van der Waals surface area contributed by atoms with Crippen LogP contribution in [0.5, 0.6) is 0 Å². The highest BCUT2D eigenvalue weighted by Gasteiger charge is 2.38. The maximum Gasteiger partial charge on any atom is 0.236 e. The molecule has 1 aliphatic rings. The van der Waals surface area contributed by atoms with E-state index in [0.29, 0.717) is 5.95 Å². The largest absolute Gasteiger partial charge is 0.309 e. The number of benzene rings is 7. The van der Waals surface area contributed by atoms with Crippen LogP contribution in [-0.2, 0) is 5.41 Å². The van der Waals surface area contributed by atoms with E-state index in [1.807, 2.05) is 0 Å². The van der Waals surface area contributed by atoms with Gasteiger partial charge in [-0.15, -0.1) is 11.3 Å². The van der Waals surface area contributed by atoms with Gasteiger partial charge < -0.3 is 4.57 Å². The molecule has 4 aromatic heterocycles. The molecule has 0 fully saturated rings. The number of thiophene rings is 1. The van der Waals surface area contributed by atoms with Gasteiger partial charge in [0.25, 0.3) is 0 Å². The molecule has 0 amide bonds. The van der Waals surface area contributed by atoms with Crippen LogP contribution in [0.3, 0.4) is 0 Å². The molecule has 7 aromatic carbocycles. The molecule has 11 aromatic rings. The smallest absolute Gasteiger partial charge is 0.236 e. The van der Waals surface area contributed by atoms with Crippen molar-refractivity contribution in [2.75, 3.05) is 0 Å². The van der Waals surface area contributed by atoms with E-state index in [9.17, 15) is 0 Å². The minimum atomic E-state index is -0.168. The topological polar surface area (TPSA) is 35.6 Å². The first kappa shape index (κ1) is 31.5. The first-order chi connectivity index (χ1) is 27.5. The summed E-state index contributed by atoms with van der Waals surface area (Å²) in [7, 11) is 0. The summed E-state index contributed by atoms with van der Waals surface area (Å²) in [4.78, 5) is 11.8. The maximum absolute atomic E-state index is 5.52. The van der Waals surface area contributed by atoms with Crippen molar-refractivity contribution in [1.29, 1.82) is 0 Å². The molecular formula is C51H34N4S. The highest BCUT2D eigenvalue weighted by atomic mass is 32.1. The normalized spacial score (nSPS) is 13.3. The van der Waals surface area contributed by atoms with Gasteiger partial charge in [-0.1, -0.05) is 123 Å². The van der Waals surface area contributed by atoms with Crippen LogP contribution in [0.25, 0.3) is 99.0 Å². The van der Waals surface area contributed by atoms with Gasteiger partial charge >= 0.3 is 0 Å². The summed E-state index contributed by atoms with van der Waals surface area (Å²) >= 11 is 1.67. The second kappa shape index (κ2) is 11.6. The molecule has 4 nitrogen and oxygen atoms in total. The molecule has 12 rings (SSSR count). The standard InChI is InChI=1S/C51H34N4S/c1-51(2)42-20-9-6-15-34(42)37-18-12-19-38(47(37)51)48-39-27-28-56-49(39)53-50(52-48)55-44-22-11-8-17-36(44)41-30-32(24-26-46(41)55)31-23-25-45-40(29-31)35-16-7-10-21-43(35)54(45)33-13-4-3-5-14-33/h3-30H,1-2H3. The van der Waals surface area contributed by atoms with Crippen molar-refractivity contribution in [1.82, 2.24) is 19.1 Å². The highest BCUT2D eigenvalue weighted by Crippen LogP contribution is 2.52. The van der Waals surface area contributed by atoms with Crippen LogP contribution in [0.2, 0.25) is 0 Å². The molecule has 4 heterocycles. The van der Waals surface area contributed by atoms with Crippen LogP contribution in [-0.4, -0.2) is 19.1 Å². The second-order valence-electron chi connectivity index (χ2n) is 15.4. The van der Waals surface area contributed by atoms with Gasteiger partial charge in [-0.2, -0.15) is 0 Å². The number of para-hydroxylation sites is 3. The first-order valence-corrected chi connectivity index (χ1v) is 20.0. The van der Waals surface area contributed by atoms with Gasteiger partial charge in [0.2, 0.25) is 5.95 Å². The van der Waals surface area contributed by atoms with E-state index >= 15 is 0 Å². The van der Waals surface area contributed by atoms with Gasteiger partial charge in [-0.3, -0.25) is 4.57 Å². The Balaban J connectivity index is 1.05. The molecule has 56 heavy (non-hydrogen) atoms. The Bertz CT molecular complexity index is 3400. The van der Waals surface area contributed by atoms with Gasteiger partial charge in [0.1, 0.15) is 4.83 Å². The molecular weight excluding hydrogens is 701 g/mol. The Morgan fingerprint density at radius 2 is 1.05 bits per heavy atom. The van der Waals surface area contributed by atoms with Gasteiger partial charge in [0, 0.05) is 43.6 Å². The lowest BCUT2D eigenvalue weighted by Crippen LogP contribution is -2.16. The molecule has 264 valence electrons. The molecule has 0 atom stereocenters. The van der Waals surface area contributed by atoms with Crippen LogP contribution >= 0.6 is 11.3 Å². The van der Waals surface area contributed by atoms with Crippen molar-refractivity contribution >= 4 is 65.2 Å². The number of nitrogens with zero attached hydrogens (tertiary/aromatic N) is 4. The Hall–Kier alpha value is -6.82. The summed E-state index contributed by atoms with van der Waals surface area (Å²) in [5, 5.41) is 8.08. The zero-order valence-corrected chi connectivity index (χ0v) is 31.7. The minimum absolute atomic E-state index is 0.168. The molecule has 0 saturated carbocycles. The van der Waals surface area contributed by atoms with E-state index in [1.165, 1.54) is 71.5 Å². The summed E-state index contributed by atoms with van der Waals surface area (Å²) in [5.41, 5.74) is 15.4. The van der Waals surface area contributed by atoms with Gasteiger partial charge in [0.05, 0.1) is 27.8 Å². The van der Waals surface area contributed by atoms with Crippen molar-refractivity contribution in [2.24, 2.45) is 0 Å². The van der Waals surface area contributed by atoms with E-state index in [-0.39, 0.29) is 5.41 Å². The fourth-order valence-corrected chi connectivity index (χ4v) is 10.3. The van der Waals surface area contributed by atoms with Crippen LogP contribution in [0.15, 0.2) is 169 Å². The maximum atomic E-state index is 5.52. The summed E-state index contributed by atoms with van der Waals surface area (Å²) in [5.74, 6) is 0.690. The summed E-state index contributed by atoms with van der Waals surface area (Å²) in [6.07, 6.45) is 0. The number of rotatable bonds is 4. The Morgan fingerprint density at radius 1 is 0.464 bits per heavy atom. The second-order valence-corrected chi connectivity index (χ2v) is 16.3. The lowest BCUT2D eigenvalue weighted by atomic mass is 9.79. The molecule has 0 aliphatic heterocycles. The number of hydrogen-bond donors (Lipinski definition) is 0. The Kier molecular flexibility index (Phi) is 6.53. The molecule has 1 aliphatic carbocycles. The van der Waals surface area contributed by atoms with E-state index in [0.717, 1.165) is 32.6 Å². The number of aromatic nitrogens is 4. The van der Waals surface area contributed by atoms with Crippen molar-refractivity contribution in [2.45, 2.75) is 19.3 Å². The lowest BCUT2D eigenvalue weighted by molar-refractivity contribution is 0.662. The fourth-order valence-electron chi connectivity index (χ4n) is 9.57. The Labute approximate surface area is 327 Å². The molecule has 0 unspecified atom stereocenters.